The summed E-state index contributed by atoms with van der Waals surface area (Å²) in [5, 5.41) is 2.50. The van der Waals surface area contributed by atoms with E-state index in [1.807, 2.05) is 12.3 Å². The van der Waals surface area contributed by atoms with Crippen LogP contribution in [0.3, 0.4) is 0 Å². The number of fused-ring (bicyclic) bond motifs is 1. The Morgan fingerprint density at radius 3 is 2.66 bits per heavy atom. The fourth-order valence-corrected chi connectivity index (χ4v) is 4.11. The van der Waals surface area contributed by atoms with Crippen LogP contribution in [0.15, 0.2) is 54.7 Å². The molecule has 3 aromatic rings. The van der Waals surface area contributed by atoms with Crippen molar-refractivity contribution in [1.29, 1.82) is 0 Å². The van der Waals surface area contributed by atoms with Gasteiger partial charge in [0.05, 0.1) is 5.69 Å². The van der Waals surface area contributed by atoms with Crippen molar-refractivity contribution in [3.8, 4) is 11.3 Å². The molecule has 4 rings (SSSR count). The molecular weight excluding hydrogens is 358 g/mol. The summed E-state index contributed by atoms with van der Waals surface area (Å²) in [6.07, 6.45) is 4.26. The number of rotatable bonds is 7. The zero-order valence-corrected chi connectivity index (χ0v) is 17.8. The van der Waals surface area contributed by atoms with Crippen LogP contribution in [0.1, 0.15) is 12.8 Å². The van der Waals surface area contributed by atoms with Gasteiger partial charge in [0.15, 0.2) is 0 Å². The van der Waals surface area contributed by atoms with E-state index in [-0.39, 0.29) is 0 Å². The lowest BCUT2D eigenvalue weighted by Gasteiger charge is -2.25. The molecule has 0 saturated carbocycles. The third-order valence-corrected chi connectivity index (χ3v) is 5.87. The highest BCUT2D eigenvalue weighted by molar-refractivity contribution is 5.86. The Labute approximate surface area is 174 Å². The largest absolute Gasteiger partial charge is 0.339 e. The normalized spacial score (nSPS) is 17.0. The van der Waals surface area contributed by atoms with E-state index in [1.54, 1.807) is 0 Å². The second-order valence-electron chi connectivity index (χ2n) is 8.33. The van der Waals surface area contributed by atoms with Gasteiger partial charge < -0.3 is 14.7 Å². The van der Waals surface area contributed by atoms with Crippen molar-refractivity contribution in [2.24, 2.45) is 0 Å². The maximum atomic E-state index is 4.90. The van der Waals surface area contributed by atoms with E-state index < -0.39 is 0 Å². The van der Waals surface area contributed by atoms with E-state index in [0.29, 0.717) is 6.04 Å². The summed E-state index contributed by atoms with van der Waals surface area (Å²) in [7, 11) is 6.52. The molecule has 0 N–H and O–H groups in total. The Morgan fingerprint density at radius 2 is 1.83 bits per heavy atom. The Bertz CT molecular complexity index is 955. The molecule has 5 nitrogen and oxygen atoms in total. The first-order valence-electron chi connectivity index (χ1n) is 10.5. The lowest BCUT2D eigenvalue weighted by molar-refractivity contribution is 0.242. The molecule has 0 spiro atoms. The molecule has 29 heavy (non-hydrogen) atoms. The predicted molar refractivity (Wildman–Crippen MR) is 121 cm³/mol. The molecule has 1 atom stereocenters. The number of anilines is 1. The van der Waals surface area contributed by atoms with Gasteiger partial charge in [-0.15, -0.1) is 0 Å². The fraction of sp³-hybridized carbons (Fsp3) is 0.417. The molecule has 2 aromatic carbocycles. The third-order valence-electron chi connectivity index (χ3n) is 5.87. The van der Waals surface area contributed by atoms with Gasteiger partial charge in [-0.25, -0.2) is 9.97 Å². The molecule has 5 heteroatoms. The zero-order valence-electron chi connectivity index (χ0n) is 17.8. The summed E-state index contributed by atoms with van der Waals surface area (Å²) < 4.78 is 0. The fourth-order valence-electron chi connectivity index (χ4n) is 4.11. The summed E-state index contributed by atoms with van der Waals surface area (Å²) in [6, 6.07) is 17.6. The summed E-state index contributed by atoms with van der Waals surface area (Å²) in [5.74, 6) is 0.847. The van der Waals surface area contributed by atoms with Gasteiger partial charge in [-0.1, -0.05) is 36.4 Å². The number of aromatic nitrogens is 2. The van der Waals surface area contributed by atoms with Gasteiger partial charge in [-0.05, 0) is 70.0 Å². The van der Waals surface area contributed by atoms with E-state index in [9.17, 15) is 0 Å². The first kappa shape index (κ1) is 19.8. The molecule has 0 bridgehead atoms. The number of hydrogen-bond acceptors (Lipinski definition) is 5. The molecule has 0 radical (unpaired) electrons. The van der Waals surface area contributed by atoms with Crippen molar-refractivity contribution in [3.63, 3.8) is 0 Å². The SMILES string of the molecule is CN(C)CCCN(C)C1CCN(c2nccc(-c3ccc4ccccc4c3)n2)C1. The van der Waals surface area contributed by atoms with Crippen LogP contribution in [-0.2, 0) is 0 Å². The van der Waals surface area contributed by atoms with Gasteiger partial charge in [0.2, 0.25) is 5.95 Å². The average molecular weight is 390 g/mol. The van der Waals surface area contributed by atoms with E-state index in [2.05, 4.69) is 83.3 Å². The standard InChI is InChI=1S/C24H31N5/c1-27(2)14-6-15-28(3)22-12-16-29(18-22)24-25-13-11-23(26-24)21-10-9-19-7-4-5-8-20(19)17-21/h4-5,7-11,13,17,22H,6,12,14-16,18H2,1-3H3. The van der Waals surface area contributed by atoms with Crippen molar-refractivity contribution >= 4 is 16.7 Å². The average Bonchev–Trinajstić information content (AvgIpc) is 3.24. The maximum absolute atomic E-state index is 4.90. The molecule has 1 aliphatic heterocycles. The van der Waals surface area contributed by atoms with Crippen molar-refractivity contribution in [2.45, 2.75) is 18.9 Å². The lowest BCUT2D eigenvalue weighted by atomic mass is 10.1. The molecule has 1 fully saturated rings. The molecule has 0 aliphatic carbocycles. The first-order chi connectivity index (χ1) is 14.1. The van der Waals surface area contributed by atoms with Gasteiger partial charge in [-0.3, -0.25) is 0 Å². The van der Waals surface area contributed by atoms with Crippen molar-refractivity contribution < 1.29 is 0 Å². The summed E-state index contributed by atoms with van der Waals surface area (Å²) in [5.41, 5.74) is 2.13. The molecule has 0 amide bonds. The highest BCUT2D eigenvalue weighted by Crippen LogP contribution is 2.25. The molecule has 1 aliphatic rings. The van der Waals surface area contributed by atoms with Crippen LogP contribution in [0.4, 0.5) is 5.95 Å². The number of nitrogens with zero attached hydrogens (tertiary/aromatic N) is 5. The molecule has 1 aromatic heterocycles. The second-order valence-corrected chi connectivity index (χ2v) is 8.33. The van der Waals surface area contributed by atoms with Crippen LogP contribution in [-0.4, -0.2) is 73.1 Å². The van der Waals surface area contributed by atoms with E-state index >= 15 is 0 Å². The van der Waals surface area contributed by atoms with Gasteiger partial charge >= 0.3 is 0 Å². The second kappa shape index (κ2) is 8.89. The van der Waals surface area contributed by atoms with Gasteiger partial charge in [0.1, 0.15) is 0 Å². The Balaban J connectivity index is 1.45. The van der Waals surface area contributed by atoms with Crippen LogP contribution < -0.4 is 4.90 Å². The monoisotopic (exact) mass is 389 g/mol. The van der Waals surface area contributed by atoms with E-state index in [0.717, 1.165) is 43.4 Å². The molecule has 2 heterocycles. The van der Waals surface area contributed by atoms with Crippen LogP contribution in [0.2, 0.25) is 0 Å². The van der Waals surface area contributed by atoms with Crippen molar-refractivity contribution in [1.82, 2.24) is 19.8 Å². The highest BCUT2D eigenvalue weighted by Gasteiger charge is 2.27. The maximum Gasteiger partial charge on any atom is 0.225 e. The van der Waals surface area contributed by atoms with Gasteiger partial charge in [0, 0.05) is 30.9 Å². The Kier molecular flexibility index (Phi) is 6.07. The minimum absolute atomic E-state index is 0.574. The minimum atomic E-state index is 0.574. The van der Waals surface area contributed by atoms with Crippen LogP contribution in [0.25, 0.3) is 22.0 Å². The van der Waals surface area contributed by atoms with Gasteiger partial charge in [-0.2, -0.15) is 0 Å². The topological polar surface area (TPSA) is 35.5 Å². The molecular formula is C24H31N5. The van der Waals surface area contributed by atoms with Crippen molar-refractivity contribution in [2.75, 3.05) is 52.2 Å². The summed E-state index contributed by atoms with van der Waals surface area (Å²) in [6.45, 7) is 4.29. The van der Waals surface area contributed by atoms with E-state index in [1.165, 1.54) is 23.6 Å². The summed E-state index contributed by atoms with van der Waals surface area (Å²) in [4.78, 5) is 16.6. The molecule has 1 unspecified atom stereocenters. The number of hydrogen-bond donors (Lipinski definition) is 0. The third kappa shape index (κ3) is 4.74. The molecule has 1 saturated heterocycles. The van der Waals surface area contributed by atoms with Crippen LogP contribution >= 0.6 is 0 Å². The van der Waals surface area contributed by atoms with Crippen LogP contribution in [0, 0.1) is 0 Å². The van der Waals surface area contributed by atoms with E-state index in [4.69, 9.17) is 4.98 Å². The Hall–Kier alpha value is -2.50. The lowest BCUT2D eigenvalue weighted by Crippen LogP contribution is -2.36. The quantitative estimate of drug-likeness (QED) is 0.615. The predicted octanol–water partition coefficient (Wildman–Crippen LogP) is 3.76. The van der Waals surface area contributed by atoms with Gasteiger partial charge in [0.25, 0.3) is 0 Å². The summed E-state index contributed by atoms with van der Waals surface area (Å²) >= 11 is 0. The number of benzene rings is 2. The zero-order chi connectivity index (χ0) is 20.2. The minimum Gasteiger partial charge on any atom is -0.339 e. The van der Waals surface area contributed by atoms with Crippen LogP contribution in [0.5, 0.6) is 0 Å². The van der Waals surface area contributed by atoms with Crippen molar-refractivity contribution in [3.05, 3.63) is 54.7 Å². The first-order valence-corrected chi connectivity index (χ1v) is 10.5. The molecule has 152 valence electrons. The highest BCUT2D eigenvalue weighted by atomic mass is 15.3. The number of likely N-dealkylation sites (N-methyl/N-ethyl adjacent to an activating group) is 1. The Morgan fingerprint density at radius 1 is 1.00 bits per heavy atom. The smallest absolute Gasteiger partial charge is 0.225 e.